The molecule has 1 aromatic carbocycles. The number of thioether (sulfide) groups is 1. The first-order chi connectivity index (χ1) is 20.3. The van der Waals surface area contributed by atoms with Crippen LogP contribution in [0.1, 0.15) is 57.4 Å². The highest BCUT2D eigenvalue weighted by atomic mass is 79.9. The Hall–Kier alpha value is -2.10. The van der Waals surface area contributed by atoms with Crippen LogP contribution in [0.2, 0.25) is 0 Å². The van der Waals surface area contributed by atoms with Crippen molar-refractivity contribution in [2.45, 2.75) is 79.3 Å². The Morgan fingerprint density at radius 3 is 2.43 bits per heavy atom. The van der Waals surface area contributed by atoms with E-state index in [0.717, 1.165) is 44.1 Å². The molecule has 230 valence electrons. The van der Waals surface area contributed by atoms with Gasteiger partial charge in [-0.05, 0) is 31.2 Å². The van der Waals surface area contributed by atoms with Crippen molar-refractivity contribution < 1.29 is 19.5 Å². The van der Waals surface area contributed by atoms with Gasteiger partial charge >= 0.3 is 0 Å². The fourth-order valence-electron chi connectivity index (χ4n) is 7.05. The van der Waals surface area contributed by atoms with E-state index < -0.39 is 22.6 Å². The summed E-state index contributed by atoms with van der Waals surface area (Å²) in [5, 5.41) is 9.12. The third-order valence-corrected chi connectivity index (χ3v) is 12.2. The van der Waals surface area contributed by atoms with Crippen LogP contribution in [0.3, 0.4) is 0 Å². The second-order valence-corrected chi connectivity index (χ2v) is 14.5. The summed E-state index contributed by atoms with van der Waals surface area (Å²) in [6.45, 7) is 12.4. The van der Waals surface area contributed by atoms with Gasteiger partial charge in [-0.25, -0.2) is 0 Å². The molecule has 2 bridgehead atoms. The van der Waals surface area contributed by atoms with E-state index in [-0.39, 0.29) is 34.4 Å². The number of rotatable bonds is 17. The lowest BCUT2D eigenvalue weighted by atomic mass is 9.70. The molecule has 3 aliphatic heterocycles. The molecule has 0 aliphatic carbocycles. The molecule has 9 heteroatoms. The van der Waals surface area contributed by atoms with Gasteiger partial charge in [0.15, 0.2) is 0 Å². The minimum Gasteiger partial charge on any atom is -0.396 e. The van der Waals surface area contributed by atoms with E-state index in [1.807, 2.05) is 45.0 Å². The smallest absolute Gasteiger partial charge is 0.247 e. The number of hydrogen-bond acceptors (Lipinski definition) is 5. The molecule has 3 amide bonds. The van der Waals surface area contributed by atoms with E-state index >= 15 is 0 Å². The van der Waals surface area contributed by atoms with E-state index in [1.165, 1.54) is 0 Å². The summed E-state index contributed by atoms with van der Waals surface area (Å²) < 4.78 is -0.656. The van der Waals surface area contributed by atoms with Crippen molar-refractivity contribution in [2.75, 3.05) is 32.8 Å². The molecule has 0 saturated carbocycles. The van der Waals surface area contributed by atoms with Gasteiger partial charge in [0.1, 0.15) is 6.04 Å². The molecule has 1 aromatic rings. The van der Waals surface area contributed by atoms with Crippen molar-refractivity contribution in [3.05, 3.63) is 61.2 Å². The number of fused-ring (bicyclic) bond motifs is 1. The first kappa shape index (κ1) is 32.8. The van der Waals surface area contributed by atoms with E-state index in [9.17, 15) is 19.5 Å². The fourth-order valence-corrected chi connectivity index (χ4v) is 10.7. The number of nitrogens with zero attached hydrogens (tertiary/aromatic N) is 3. The standard InChI is InChI=1S/C33H46BrN3O4S/c1-4-7-19-35(17-5-2)32(41)29-33-22-25(34)28(42-33)26(27(33)31(40)37(29)20-13-8-9-14-21-38)30(39)36(18-6-3)23-24-15-11-10-12-16-24/h5-6,10-12,15-16,25-29,38H,2-4,7-9,13-14,17-23H2,1H3/t25?,26-,27+,28-,29?,33?/m1/s1. The number of unbranched alkanes of at least 4 members (excludes halogenated alkanes) is 4. The quantitative estimate of drug-likeness (QED) is 0.144. The molecule has 42 heavy (non-hydrogen) atoms. The highest BCUT2D eigenvalue weighted by molar-refractivity contribution is 9.09. The van der Waals surface area contributed by atoms with Gasteiger partial charge in [-0.2, -0.15) is 0 Å². The second kappa shape index (κ2) is 15.1. The van der Waals surface area contributed by atoms with Crippen molar-refractivity contribution in [2.24, 2.45) is 11.8 Å². The normalized spacial score (nSPS) is 27.6. The number of aliphatic hydroxyl groups excluding tert-OH is 1. The molecule has 3 heterocycles. The van der Waals surface area contributed by atoms with Crippen molar-refractivity contribution in [3.8, 4) is 0 Å². The Morgan fingerprint density at radius 2 is 1.76 bits per heavy atom. The third-order valence-electron chi connectivity index (χ3n) is 8.94. The largest absolute Gasteiger partial charge is 0.396 e. The molecule has 3 fully saturated rings. The lowest BCUT2D eigenvalue weighted by molar-refractivity contribution is -0.145. The minimum atomic E-state index is -0.656. The van der Waals surface area contributed by atoms with Crippen molar-refractivity contribution >= 4 is 45.4 Å². The van der Waals surface area contributed by atoms with E-state index in [1.54, 1.807) is 23.9 Å². The maximum atomic E-state index is 14.4. The van der Waals surface area contributed by atoms with Crippen molar-refractivity contribution in [3.63, 3.8) is 0 Å². The summed E-state index contributed by atoms with van der Waals surface area (Å²) in [5.41, 5.74) is 1.03. The van der Waals surface area contributed by atoms with E-state index in [4.69, 9.17) is 0 Å². The molecular weight excluding hydrogens is 614 g/mol. The number of halogens is 1. The predicted octanol–water partition coefficient (Wildman–Crippen LogP) is 5.03. The van der Waals surface area contributed by atoms with Crippen LogP contribution in [0.15, 0.2) is 55.6 Å². The number of aliphatic hydroxyl groups is 1. The average molecular weight is 661 g/mol. The minimum absolute atomic E-state index is 0.0252. The van der Waals surface area contributed by atoms with Crippen molar-refractivity contribution in [1.29, 1.82) is 0 Å². The lowest BCUT2D eigenvalue weighted by Crippen LogP contribution is -2.56. The fraction of sp³-hybridized carbons (Fsp3) is 0.606. The molecular formula is C33H46BrN3O4S. The van der Waals surface area contributed by atoms with Crippen LogP contribution in [-0.4, -0.2) is 91.2 Å². The van der Waals surface area contributed by atoms with Crippen LogP contribution >= 0.6 is 27.7 Å². The second-order valence-electron chi connectivity index (χ2n) is 11.8. The first-order valence-corrected chi connectivity index (χ1v) is 17.2. The van der Waals surface area contributed by atoms with Gasteiger partial charge in [-0.1, -0.05) is 84.6 Å². The Kier molecular flexibility index (Phi) is 11.8. The van der Waals surface area contributed by atoms with Gasteiger partial charge in [0.25, 0.3) is 0 Å². The monoisotopic (exact) mass is 659 g/mol. The predicted molar refractivity (Wildman–Crippen MR) is 173 cm³/mol. The van der Waals surface area contributed by atoms with Gasteiger partial charge in [0.2, 0.25) is 17.7 Å². The third kappa shape index (κ3) is 6.53. The molecule has 3 aliphatic rings. The van der Waals surface area contributed by atoms with Gasteiger partial charge in [0, 0.05) is 49.4 Å². The Balaban J connectivity index is 1.68. The lowest BCUT2D eigenvalue weighted by Gasteiger charge is -2.38. The van der Waals surface area contributed by atoms with Crippen molar-refractivity contribution in [1.82, 2.24) is 14.7 Å². The first-order valence-electron chi connectivity index (χ1n) is 15.4. The van der Waals surface area contributed by atoms with Crippen LogP contribution in [0.4, 0.5) is 0 Å². The molecule has 7 nitrogen and oxygen atoms in total. The number of hydrogen-bond donors (Lipinski definition) is 1. The summed E-state index contributed by atoms with van der Waals surface area (Å²) in [6.07, 6.45) is 9.26. The summed E-state index contributed by atoms with van der Waals surface area (Å²) in [5.74, 6) is -1.17. The van der Waals surface area contributed by atoms with Gasteiger partial charge in [-0.15, -0.1) is 24.9 Å². The topological polar surface area (TPSA) is 81.2 Å². The maximum absolute atomic E-state index is 14.4. The molecule has 6 atom stereocenters. The Labute approximate surface area is 263 Å². The van der Waals surface area contributed by atoms with E-state index in [2.05, 4.69) is 36.0 Å². The summed E-state index contributed by atoms with van der Waals surface area (Å²) in [7, 11) is 0. The highest BCUT2D eigenvalue weighted by Gasteiger charge is 2.75. The molecule has 0 radical (unpaired) electrons. The Bertz CT molecular complexity index is 1120. The number of benzene rings is 1. The maximum Gasteiger partial charge on any atom is 0.247 e. The molecule has 4 rings (SSSR count). The highest BCUT2D eigenvalue weighted by Crippen LogP contribution is 2.68. The van der Waals surface area contributed by atoms with Crippen LogP contribution in [0.25, 0.3) is 0 Å². The van der Waals surface area contributed by atoms with Crippen LogP contribution in [-0.2, 0) is 20.9 Å². The number of likely N-dealkylation sites (tertiary alicyclic amines) is 1. The van der Waals surface area contributed by atoms with Crippen LogP contribution in [0.5, 0.6) is 0 Å². The molecule has 3 unspecified atom stereocenters. The molecule has 3 saturated heterocycles. The van der Waals surface area contributed by atoms with Gasteiger partial charge < -0.3 is 19.8 Å². The average Bonchev–Trinajstić information content (AvgIpc) is 3.58. The zero-order valence-electron chi connectivity index (χ0n) is 24.8. The van der Waals surface area contributed by atoms with Crippen LogP contribution < -0.4 is 0 Å². The molecule has 1 spiro atoms. The Morgan fingerprint density at radius 1 is 1.07 bits per heavy atom. The van der Waals surface area contributed by atoms with E-state index in [0.29, 0.717) is 39.1 Å². The number of carbonyl (C=O) groups is 3. The number of alkyl halides is 1. The zero-order valence-corrected chi connectivity index (χ0v) is 27.2. The number of carbonyl (C=O) groups excluding carboxylic acids is 3. The zero-order chi connectivity index (χ0) is 30.3. The van der Waals surface area contributed by atoms with Crippen LogP contribution in [0, 0.1) is 11.8 Å². The summed E-state index contributed by atoms with van der Waals surface area (Å²) in [6, 6.07) is 9.28. The van der Waals surface area contributed by atoms with Gasteiger partial charge in [-0.3, -0.25) is 14.4 Å². The summed E-state index contributed by atoms with van der Waals surface area (Å²) in [4.78, 5) is 48.8. The van der Waals surface area contributed by atoms with Gasteiger partial charge in [0.05, 0.1) is 16.6 Å². The summed E-state index contributed by atoms with van der Waals surface area (Å²) >= 11 is 5.59. The SMILES string of the molecule is C=CCN(CCCC)C(=O)C1N(CCCCCCO)C(=O)[C@@H]2[C@@H](C(=O)N(CC=C)Cc3ccccc3)[C@@H]3SC12CC3Br. The molecule has 0 aromatic heterocycles. The number of amides is 3. The molecule has 1 N–H and O–H groups in total.